The van der Waals surface area contributed by atoms with E-state index in [2.05, 4.69) is 11.9 Å². The van der Waals surface area contributed by atoms with Gasteiger partial charge in [0.2, 0.25) is 0 Å². The highest BCUT2D eigenvalue weighted by molar-refractivity contribution is 5.70. The van der Waals surface area contributed by atoms with Crippen LogP contribution in [0.4, 0.5) is 11.4 Å². The van der Waals surface area contributed by atoms with Crippen LogP contribution < -0.4 is 9.64 Å². The van der Waals surface area contributed by atoms with Gasteiger partial charge in [0, 0.05) is 19.6 Å². The topological polar surface area (TPSA) is 68.1 Å². The standard InChI is InChI=1S/C15H21N3O4/c1-3-21-13-6-4-5-11(15(13)18(19)20)17-9-12-14(10-17)22-8-7-16(12)2/h4-6,12,14H,3,7-10H2,1-2H3/t12-,14+/m0/s1. The quantitative estimate of drug-likeness (QED) is 0.620. The monoisotopic (exact) mass is 307 g/mol. The van der Waals surface area contributed by atoms with E-state index >= 15 is 0 Å². The molecule has 2 saturated heterocycles. The van der Waals surface area contributed by atoms with Crippen LogP contribution in [0.25, 0.3) is 0 Å². The molecule has 3 rings (SSSR count). The summed E-state index contributed by atoms with van der Waals surface area (Å²) >= 11 is 0. The Morgan fingerprint density at radius 1 is 1.45 bits per heavy atom. The van der Waals surface area contributed by atoms with Gasteiger partial charge in [0.05, 0.1) is 30.3 Å². The van der Waals surface area contributed by atoms with Crippen molar-refractivity contribution in [3.63, 3.8) is 0 Å². The number of fused-ring (bicyclic) bond motifs is 1. The molecular weight excluding hydrogens is 286 g/mol. The van der Waals surface area contributed by atoms with Crippen LogP contribution in [0.1, 0.15) is 6.92 Å². The molecule has 0 amide bonds. The first-order valence-corrected chi connectivity index (χ1v) is 7.58. The normalized spacial score (nSPS) is 25.1. The third kappa shape index (κ3) is 2.62. The first kappa shape index (κ1) is 15.1. The van der Waals surface area contributed by atoms with Crippen LogP contribution in [0.5, 0.6) is 5.75 Å². The summed E-state index contributed by atoms with van der Waals surface area (Å²) in [5.74, 6) is 0.328. The number of anilines is 1. The van der Waals surface area contributed by atoms with Crippen molar-refractivity contribution in [2.45, 2.75) is 19.1 Å². The fraction of sp³-hybridized carbons (Fsp3) is 0.600. The Bertz CT molecular complexity index is 566. The highest BCUT2D eigenvalue weighted by Crippen LogP contribution is 2.39. The molecule has 7 nitrogen and oxygen atoms in total. The van der Waals surface area contributed by atoms with E-state index in [1.54, 1.807) is 18.2 Å². The van der Waals surface area contributed by atoms with Crippen LogP contribution in [-0.4, -0.2) is 61.9 Å². The number of hydrogen-bond donors (Lipinski definition) is 0. The maximum absolute atomic E-state index is 11.5. The maximum atomic E-state index is 11.5. The predicted molar refractivity (Wildman–Crippen MR) is 82.6 cm³/mol. The van der Waals surface area contributed by atoms with Crippen LogP contribution in [0.3, 0.4) is 0 Å². The summed E-state index contributed by atoms with van der Waals surface area (Å²) in [5, 5.41) is 11.5. The van der Waals surface area contributed by atoms with Crippen molar-refractivity contribution in [2.24, 2.45) is 0 Å². The van der Waals surface area contributed by atoms with Crippen LogP contribution in [-0.2, 0) is 4.74 Å². The number of hydrogen-bond acceptors (Lipinski definition) is 6. The first-order chi connectivity index (χ1) is 10.6. The molecule has 120 valence electrons. The summed E-state index contributed by atoms with van der Waals surface area (Å²) in [5.41, 5.74) is 0.660. The average molecular weight is 307 g/mol. The highest BCUT2D eigenvalue weighted by Gasteiger charge is 2.40. The molecule has 0 aliphatic carbocycles. The van der Waals surface area contributed by atoms with Gasteiger partial charge >= 0.3 is 5.69 Å². The lowest BCUT2D eigenvalue weighted by atomic mass is 10.1. The molecule has 2 aliphatic heterocycles. The molecule has 1 aromatic carbocycles. The minimum Gasteiger partial charge on any atom is -0.487 e. The lowest BCUT2D eigenvalue weighted by Gasteiger charge is -2.33. The molecule has 1 aromatic rings. The summed E-state index contributed by atoms with van der Waals surface area (Å²) in [4.78, 5) is 15.5. The molecule has 0 saturated carbocycles. The Morgan fingerprint density at radius 2 is 2.27 bits per heavy atom. The van der Waals surface area contributed by atoms with Crippen LogP contribution in [0.15, 0.2) is 18.2 Å². The molecule has 7 heteroatoms. The summed E-state index contributed by atoms with van der Waals surface area (Å²) in [6.07, 6.45) is 0.106. The maximum Gasteiger partial charge on any atom is 0.333 e. The Morgan fingerprint density at radius 3 is 2.95 bits per heavy atom. The second-order valence-electron chi connectivity index (χ2n) is 5.68. The first-order valence-electron chi connectivity index (χ1n) is 7.58. The SMILES string of the molecule is CCOc1cccc(N2C[C@H]3OCCN(C)[C@H]3C2)c1[N+](=O)[O-]. The molecule has 0 bridgehead atoms. The predicted octanol–water partition coefficient (Wildman–Crippen LogP) is 1.51. The summed E-state index contributed by atoms with van der Waals surface area (Å²) in [7, 11) is 2.08. The number of ether oxygens (including phenoxy) is 2. The van der Waals surface area contributed by atoms with Gasteiger partial charge in [0.15, 0.2) is 5.75 Å². The van der Waals surface area contributed by atoms with E-state index in [-0.39, 0.29) is 22.8 Å². The van der Waals surface area contributed by atoms with Crippen molar-refractivity contribution in [3.05, 3.63) is 28.3 Å². The van der Waals surface area contributed by atoms with Crippen molar-refractivity contribution in [1.82, 2.24) is 4.90 Å². The van der Waals surface area contributed by atoms with Crippen molar-refractivity contribution < 1.29 is 14.4 Å². The number of benzene rings is 1. The third-order valence-corrected chi connectivity index (χ3v) is 4.38. The van der Waals surface area contributed by atoms with Crippen molar-refractivity contribution >= 4 is 11.4 Å². The van der Waals surface area contributed by atoms with Crippen molar-refractivity contribution in [3.8, 4) is 5.75 Å². The lowest BCUT2D eigenvalue weighted by Crippen LogP contribution is -2.48. The molecule has 2 heterocycles. The zero-order valence-corrected chi connectivity index (χ0v) is 12.9. The number of nitrogens with zero attached hydrogens (tertiary/aromatic N) is 3. The number of nitro groups is 1. The number of para-hydroxylation sites is 1. The Balaban J connectivity index is 1.92. The molecule has 0 aromatic heterocycles. The molecule has 22 heavy (non-hydrogen) atoms. The number of morpholine rings is 1. The number of likely N-dealkylation sites (N-methyl/N-ethyl adjacent to an activating group) is 1. The van der Waals surface area contributed by atoms with Crippen LogP contribution >= 0.6 is 0 Å². The Kier molecular flexibility index (Phi) is 4.17. The van der Waals surface area contributed by atoms with E-state index in [1.165, 1.54) is 0 Å². The van der Waals surface area contributed by atoms with Crippen molar-refractivity contribution in [1.29, 1.82) is 0 Å². The molecule has 2 fully saturated rings. The minimum absolute atomic E-state index is 0.0469. The van der Waals surface area contributed by atoms with Gasteiger partial charge in [-0.3, -0.25) is 15.0 Å². The molecular formula is C15H21N3O4. The molecule has 2 aliphatic rings. The van der Waals surface area contributed by atoms with E-state index in [1.807, 2.05) is 11.8 Å². The van der Waals surface area contributed by atoms with E-state index in [9.17, 15) is 10.1 Å². The van der Waals surface area contributed by atoms with E-state index in [0.717, 1.165) is 13.1 Å². The van der Waals surface area contributed by atoms with Gasteiger partial charge in [-0.05, 0) is 26.1 Å². The molecule has 2 atom stereocenters. The average Bonchev–Trinajstić information content (AvgIpc) is 2.92. The fourth-order valence-corrected chi connectivity index (χ4v) is 3.28. The van der Waals surface area contributed by atoms with Gasteiger partial charge in [-0.15, -0.1) is 0 Å². The zero-order chi connectivity index (χ0) is 15.7. The van der Waals surface area contributed by atoms with Crippen LogP contribution in [0, 0.1) is 10.1 Å². The Labute approximate surface area is 129 Å². The second-order valence-corrected chi connectivity index (χ2v) is 5.68. The van der Waals surface area contributed by atoms with Gasteiger partial charge in [-0.2, -0.15) is 0 Å². The largest absolute Gasteiger partial charge is 0.487 e. The van der Waals surface area contributed by atoms with Gasteiger partial charge in [0.1, 0.15) is 5.69 Å². The van der Waals surface area contributed by atoms with Gasteiger partial charge < -0.3 is 14.4 Å². The highest BCUT2D eigenvalue weighted by atomic mass is 16.6. The number of rotatable bonds is 4. The third-order valence-electron chi connectivity index (χ3n) is 4.38. The van der Waals surface area contributed by atoms with E-state index in [0.29, 0.717) is 31.2 Å². The fourth-order valence-electron chi connectivity index (χ4n) is 3.28. The van der Waals surface area contributed by atoms with Gasteiger partial charge in [0.25, 0.3) is 0 Å². The van der Waals surface area contributed by atoms with Gasteiger partial charge in [-0.25, -0.2) is 0 Å². The smallest absolute Gasteiger partial charge is 0.333 e. The van der Waals surface area contributed by atoms with Gasteiger partial charge in [-0.1, -0.05) is 6.07 Å². The minimum atomic E-state index is -0.354. The second kappa shape index (κ2) is 6.10. The zero-order valence-electron chi connectivity index (χ0n) is 12.9. The number of nitro benzene ring substituents is 1. The molecule has 0 unspecified atom stereocenters. The lowest BCUT2D eigenvalue weighted by molar-refractivity contribution is -0.385. The van der Waals surface area contributed by atoms with E-state index < -0.39 is 0 Å². The summed E-state index contributed by atoms with van der Waals surface area (Å²) in [6.45, 7) is 5.25. The summed E-state index contributed by atoms with van der Waals surface area (Å²) < 4.78 is 11.2. The Hall–Kier alpha value is -1.86. The van der Waals surface area contributed by atoms with Crippen LogP contribution in [0.2, 0.25) is 0 Å². The summed E-state index contributed by atoms with van der Waals surface area (Å²) in [6, 6.07) is 5.53. The van der Waals surface area contributed by atoms with Crippen molar-refractivity contribution in [2.75, 3.05) is 44.8 Å². The molecule has 0 radical (unpaired) electrons. The molecule has 0 N–H and O–H groups in total. The van der Waals surface area contributed by atoms with E-state index in [4.69, 9.17) is 9.47 Å². The molecule has 0 spiro atoms.